The van der Waals surface area contributed by atoms with E-state index in [1.54, 1.807) is 11.3 Å². The minimum atomic E-state index is 0.595. The van der Waals surface area contributed by atoms with Gasteiger partial charge in [0, 0.05) is 22.2 Å². The van der Waals surface area contributed by atoms with E-state index in [0.29, 0.717) is 6.54 Å². The number of rotatable bonds is 3. The van der Waals surface area contributed by atoms with Crippen LogP contribution in [0.15, 0.2) is 11.4 Å². The second-order valence-corrected chi connectivity index (χ2v) is 4.21. The lowest BCUT2D eigenvalue weighted by Gasteiger charge is -1.87. The highest BCUT2D eigenvalue weighted by atomic mass is 32.1. The number of aromatic nitrogens is 3. The molecule has 0 aromatic carbocycles. The number of nitrogens with two attached hydrogens (primary N) is 1. The van der Waals surface area contributed by atoms with E-state index in [-0.39, 0.29) is 0 Å². The molecule has 0 atom stereocenters. The Kier molecular flexibility index (Phi) is 2.60. The van der Waals surface area contributed by atoms with Crippen molar-refractivity contribution in [3.63, 3.8) is 0 Å². The molecular weight excluding hydrogens is 196 g/mol. The summed E-state index contributed by atoms with van der Waals surface area (Å²) in [5.41, 5.74) is 6.50. The molecule has 3 N–H and O–H groups in total. The predicted octanol–water partition coefficient (Wildman–Crippen LogP) is 1.34. The fourth-order valence-electron chi connectivity index (χ4n) is 1.23. The fourth-order valence-corrected chi connectivity index (χ4v) is 1.91. The summed E-state index contributed by atoms with van der Waals surface area (Å²) >= 11 is 1.70. The fraction of sp³-hybridized carbons (Fsp3) is 0.333. The molecule has 0 radical (unpaired) electrons. The van der Waals surface area contributed by atoms with Crippen molar-refractivity contribution in [1.82, 2.24) is 15.2 Å². The summed E-state index contributed by atoms with van der Waals surface area (Å²) in [5, 5.41) is 9.07. The molecule has 0 aliphatic carbocycles. The van der Waals surface area contributed by atoms with Gasteiger partial charge in [-0.2, -0.15) is 5.10 Å². The average Bonchev–Trinajstić information content (AvgIpc) is 2.74. The van der Waals surface area contributed by atoms with Gasteiger partial charge in [0.25, 0.3) is 0 Å². The molecule has 0 fully saturated rings. The highest BCUT2D eigenvalue weighted by Gasteiger charge is 2.06. The lowest BCUT2D eigenvalue weighted by molar-refractivity contribution is 0.874. The van der Waals surface area contributed by atoms with Gasteiger partial charge in [0.15, 0.2) is 5.82 Å². The van der Waals surface area contributed by atoms with Crippen molar-refractivity contribution in [2.45, 2.75) is 13.3 Å². The first kappa shape index (κ1) is 9.36. The van der Waals surface area contributed by atoms with Crippen LogP contribution in [0.2, 0.25) is 0 Å². The molecule has 0 bridgehead atoms. The van der Waals surface area contributed by atoms with Crippen LogP contribution in [0.25, 0.3) is 11.4 Å². The molecule has 74 valence electrons. The van der Waals surface area contributed by atoms with Gasteiger partial charge in [0.2, 0.25) is 0 Å². The standard InChI is InChI=1S/C9H12N4S/c1-6-4-7(5-14-6)9-11-8(2-3-10)12-13-9/h4-5H,2-3,10H2,1H3,(H,11,12,13). The van der Waals surface area contributed by atoms with Crippen LogP contribution >= 0.6 is 11.3 Å². The highest BCUT2D eigenvalue weighted by Crippen LogP contribution is 2.21. The van der Waals surface area contributed by atoms with Gasteiger partial charge in [0.05, 0.1) is 0 Å². The van der Waals surface area contributed by atoms with E-state index in [1.807, 2.05) is 0 Å². The van der Waals surface area contributed by atoms with Gasteiger partial charge in [-0.3, -0.25) is 5.10 Å². The number of aryl methyl sites for hydroxylation is 1. The first-order valence-corrected chi connectivity index (χ1v) is 5.34. The third-order valence-corrected chi connectivity index (χ3v) is 2.76. The first-order valence-electron chi connectivity index (χ1n) is 4.46. The van der Waals surface area contributed by atoms with Gasteiger partial charge in [-0.1, -0.05) is 0 Å². The minimum Gasteiger partial charge on any atom is -0.330 e. The first-order chi connectivity index (χ1) is 6.79. The van der Waals surface area contributed by atoms with E-state index in [2.05, 4.69) is 33.6 Å². The molecule has 2 heterocycles. The SMILES string of the molecule is Cc1cc(-c2n[nH]c(CCN)n2)cs1. The lowest BCUT2D eigenvalue weighted by Crippen LogP contribution is -2.03. The van der Waals surface area contributed by atoms with Crippen LogP contribution < -0.4 is 5.73 Å². The molecule has 0 saturated carbocycles. The van der Waals surface area contributed by atoms with Crippen molar-refractivity contribution < 1.29 is 0 Å². The molecule has 0 aliphatic heterocycles. The number of nitrogens with one attached hydrogen (secondary N) is 1. The Morgan fingerprint density at radius 1 is 1.57 bits per heavy atom. The quantitative estimate of drug-likeness (QED) is 0.800. The molecule has 2 aromatic heterocycles. The van der Waals surface area contributed by atoms with Gasteiger partial charge in [-0.15, -0.1) is 11.3 Å². The molecule has 14 heavy (non-hydrogen) atoms. The van der Waals surface area contributed by atoms with Crippen molar-refractivity contribution in [2.24, 2.45) is 5.73 Å². The van der Waals surface area contributed by atoms with Gasteiger partial charge in [-0.05, 0) is 19.5 Å². The summed E-state index contributed by atoms with van der Waals surface area (Å²) in [5.74, 6) is 1.61. The average molecular weight is 208 g/mol. The van der Waals surface area contributed by atoms with E-state index in [4.69, 9.17) is 5.73 Å². The van der Waals surface area contributed by atoms with Gasteiger partial charge >= 0.3 is 0 Å². The van der Waals surface area contributed by atoms with Gasteiger partial charge < -0.3 is 5.73 Å². The summed E-state index contributed by atoms with van der Waals surface area (Å²) in [6.45, 7) is 2.67. The van der Waals surface area contributed by atoms with Crippen LogP contribution in [0.1, 0.15) is 10.7 Å². The molecule has 0 aliphatic rings. The van der Waals surface area contributed by atoms with Crippen LogP contribution in [0.4, 0.5) is 0 Å². The van der Waals surface area contributed by atoms with Crippen LogP contribution in [0.3, 0.4) is 0 Å². The molecule has 0 unspecified atom stereocenters. The Bertz CT molecular complexity index is 418. The van der Waals surface area contributed by atoms with Crippen LogP contribution in [0, 0.1) is 6.92 Å². The molecule has 0 saturated heterocycles. The van der Waals surface area contributed by atoms with Gasteiger partial charge in [0.1, 0.15) is 5.82 Å². The van der Waals surface area contributed by atoms with Crippen molar-refractivity contribution in [3.8, 4) is 11.4 Å². The number of hydrogen-bond acceptors (Lipinski definition) is 4. The maximum absolute atomic E-state index is 5.43. The zero-order valence-corrected chi connectivity index (χ0v) is 8.77. The van der Waals surface area contributed by atoms with Crippen molar-refractivity contribution in [3.05, 3.63) is 22.1 Å². The molecule has 5 heteroatoms. The summed E-state index contributed by atoms with van der Waals surface area (Å²) < 4.78 is 0. The molecule has 0 spiro atoms. The Hall–Kier alpha value is -1.20. The summed E-state index contributed by atoms with van der Waals surface area (Å²) in [4.78, 5) is 5.61. The van der Waals surface area contributed by atoms with E-state index in [0.717, 1.165) is 23.6 Å². The monoisotopic (exact) mass is 208 g/mol. The van der Waals surface area contributed by atoms with Crippen LogP contribution in [-0.2, 0) is 6.42 Å². The Balaban J connectivity index is 2.24. The summed E-state index contributed by atoms with van der Waals surface area (Å²) in [7, 11) is 0. The molecule has 2 aromatic rings. The Labute approximate surface area is 86.2 Å². The number of aromatic amines is 1. The zero-order valence-electron chi connectivity index (χ0n) is 7.95. The minimum absolute atomic E-state index is 0.595. The topological polar surface area (TPSA) is 67.6 Å². The molecule has 0 amide bonds. The lowest BCUT2D eigenvalue weighted by atomic mass is 10.3. The third-order valence-electron chi connectivity index (χ3n) is 1.90. The van der Waals surface area contributed by atoms with Gasteiger partial charge in [-0.25, -0.2) is 4.98 Å². The normalized spacial score (nSPS) is 10.7. The third kappa shape index (κ3) is 1.83. The highest BCUT2D eigenvalue weighted by molar-refractivity contribution is 7.10. The number of hydrogen-bond donors (Lipinski definition) is 2. The zero-order chi connectivity index (χ0) is 9.97. The number of H-pyrrole nitrogens is 1. The Morgan fingerprint density at radius 2 is 2.43 bits per heavy atom. The number of thiophene rings is 1. The van der Waals surface area contributed by atoms with Crippen molar-refractivity contribution in [2.75, 3.05) is 6.54 Å². The smallest absolute Gasteiger partial charge is 0.181 e. The molecular formula is C9H12N4S. The predicted molar refractivity (Wildman–Crippen MR) is 57.2 cm³/mol. The van der Waals surface area contributed by atoms with E-state index in [9.17, 15) is 0 Å². The van der Waals surface area contributed by atoms with E-state index < -0.39 is 0 Å². The Morgan fingerprint density at radius 3 is 3.07 bits per heavy atom. The second-order valence-electron chi connectivity index (χ2n) is 3.09. The maximum Gasteiger partial charge on any atom is 0.181 e. The maximum atomic E-state index is 5.43. The number of nitrogens with zero attached hydrogens (tertiary/aromatic N) is 2. The van der Waals surface area contributed by atoms with E-state index in [1.165, 1.54) is 4.88 Å². The van der Waals surface area contributed by atoms with Crippen LogP contribution in [0.5, 0.6) is 0 Å². The largest absolute Gasteiger partial charge is 0.330 e. The second kappa shape index (κ2) is 3.89. The summed E-state index contributed by atoms with van der Waals surface area (Å²) in [6.07, 6.45) is 0.746. The molecule has 2 rings (SSSR count). The molecule has 4 nitrogen and oxygen atoms in total. The van der Waals surface area contributed by atoms with Crippen molar-refractivity contribution in [1.29, 1.82) is 0 Å². The summed E-state index contributed by atoms with van der Waals surface area (Å²) in [6, 6.07) is 2.08. The van der Waals surface area contributed by atoms with Crippen LogP contribution in [-0.4, -0.2) is 21.7 Å². The van der Waals surface area contributed by atoms with Crippen molar-refractivity contribution >= 4 is 11.3 Å². The van der Waals surface area contributed by atoms with E-state index >= 15 is 0 Å².